The van der Waals surface area contributed by atoms with Crippen molar-refractivity contribution >= 4 is 0 Å². The Balaban J connectivity index is 2.96. The maximum atomic E-state index is 9.10. The molecule has 2 nitrogen and oxygen atoms in total. The molecule has 1 atom stereocenters. The van der Waals surface area contributed by atoms with E-state index in [1.54, 1.807) is 13.0 Å². The quantitative estimate of drug-likeness (QED) is 0.589. The molecule has 0 spiro atoms. The molecule has 0 bridgehead atoms. The molecule has 0 fully saturated rings. The van der Waals surface area contributed by atoms with Gasteiger partial charge in [0.15, 0.2) is 0 Å². The maximum absolute atomic E-state index is 9.10. The predicted molar refractivity (Wildman–Crippen MR) is 37.2 cm³/mol. The lowest BCUT2D eigenvalue weighted by molar-refractivity contribution is 0.236. The van der Waals surface area contributed by atoms with Gasteiger partial charge in [0.25, 0.3) is 0 Å². The molecule has 52 valence electrons. The molecule has 10 heavy (non-hydrogen) atoms. The van der Waals surface area contributed by atoms with Crippen LogP contribution in [0.5, 0.6) is 0 Å². The van der Waals surface area contributed by atoms with Crippen molar-refractivity contribution in [2.24, 2.45) is 0 Å². The average Bonchev–Trinajstić information content (AvgIpc) is 2.34. The van der Waals surface area contributed by atoms with Crippen LogP contribution in [0.3, 0.4) is 0 Å². The van der Waals surface area contributed by atoms with Crippen LogP contribution in [-0.2, 0) is 0 Å². The van der Waals surface area contributed by atoms with Crippen LogP contribution in [0.2, 0.25) is 0 Å². The van der Waals surface area contributed by atoms with Gasteiger partial charge in [0.2, 0.25) is 0 Å². The number of hydrogen-bond acceptors (Lipinski definition) is 2. The summed E-state index contributed by atoms with van der Waals surface area (Å²) in [5.74, 6) is 2.88. The van der Waals surface area contributed by atoms with Crippen LogP contribution in [0.4, 0.5) is 0 Å². The molecular formula is C8H8O2. The Hall–Kier alpha value is -1.20. The van der Waals surface area contributed by atoms with E-state index in [9.17, 15) is 0 Å². The van der Waals surface area contributed by atoms with E-state index in [0.717, 1.165) is 0 Å². The van der Waals surface area contributed by atoms with Gasteiger partial charge < -0.3 is 9.52 Å². The second-order valence-corrected chi connectivity index (χ2v) is 2.00. The van der Waals surface area contributed by atoms with Gasteiger partial charge in [-0.1, -0.05) is 5.92 Å². The van der Waals surface area contributed by atoms with E-state index in [2.05, 4.69) is 5.92 Å². The number of aliphatic hydroxyl groups is 1. The zero-order chi connectivity index (χ0) is 7.56. The summed E-state index contributed by atoms with van der Waals surface area (Å²) in [6.45, 7) is 1.76. The summed E-state index contributed by atoms with van der Waals surface area (Å²) in [6, 6.07) is 1.67. The standard InChI is InChI=1S/C8H8O2/c1-3-8(9)7-4-5-10-6(7)2/h1,4-5,8-9H,2H3/t8-/m0/s1. The minimum atomic E-state index is -0.834. The lowest BCUT2D eigenvalue weighted by Crippen LogP contribution is -1.91. The Morgan fingerprint density at radius 2 is 2.50 bits per heavy atom. The molecule has 0 aliphatic heterocycles. The van der Waals surface area contributed by atoms with Crippen LogP contribution in [-0.4, -0.2) is 5.11 Å². The molecular weight excluding hydrogens is 128 g/mol. The molecule has 0 aliphatic rings. The Morgan fingerprint density at radius 3 is 2.90 bits per heavy atom. The zero-order valence-corrected chi connectivity index (χ0v) is 5.66. The van der Waals surface area contributed by atoms with Gasteiger partial charge in [0, 0.05) is 5.56 Å². The maximum Gasteiger partial charge on any atom is 0.143 e. The van der Waals surface area contributed by atoms with Gasteiger partial charge in [-0.25, -0.2) is 0 Å². The lowest BCUT2D eigenvalue weighted by atomic mass is 10.1. The number of rotatable bonds is 1. The minimum Gasteiger partial charge on any atom is -0.469 e. The van der Waals surface area contributed by atoms with Crippen molar-refractivity contribution in [1.82, 2.24) is 0 Å². The largest absolute Gasteiger partial charge is 0.469 e. The first-order chi connectivity index (χ1) is 4.75. The molecule has 0 saturated carbocycles. The topological polar surface area (TPSA) is 33.4 Å². The van der Waals surface area contributed by atoms with E-state index < -0.39 is 6.10 Å². The highest BCUT2D eigenvalue weighted by molar-refractivity contribution is 5.24. The lowest BCUT2D eigenvalue weighted by Gasteiger charge is -1.98. The van der Waals surface area contributed by atoms with Gasteiger partial charge in [-0.15, -0.1) is 6.42 Å². The van der Waals surface area contributed by atoms with Crippen LogP contribution >= 0.6 is 0 Å². The predicted octanol–water partition coefficient (Wildman–Crippen LogP) is 1.25. The number of hydrogen-bond donors (Lipinski definition) is 1. The highest BCUT2D eigenvalue weighted by Gasteiger charge is 2.07. The third-order valence-corrected chi connectivity index (χ3v) is 1.35. The number of aliphatic hydroxyl groups excluding tert-OH is 1. The number of aryl methyl sites for hydroxylation is 1. The fraction of sp³-hybridized carbons (Fsp3) is 0.250. The first kappa shape index (κ1) is 6.91. The summed E-state index contributed by atoms with van der Waals surface area (Å²) in [6.07, 6.45) is 5.66. The van der Waals surface area contributed by atoms with Crippen LogP contribution in [0.25, 0.3) is 0 Å². The van der Waals surface area contributed by atoms with Crippen molar-refractivity contribution in [3.63, 3.8) is 0 Å². The zero-order valence-electron chi connectivity index (χ0n) is 5.66. The Kier molecular flexibility index (Phi) is 1.79. The molecule has 0 aromatic carbocycles. The SMILES string of the molecule is C#C[C@H](O)c1ccoc1C. The first-order valence-corrected chi connectivity index (χ1v) is 2.94. The van der Waals surface area contributed by atoms with E-state index >= 15 is 0 Å². The van der Waals surface area contributed by atoms with Crippen LogP contribution < -0.4 is 0 Å². The molecule has 1 heterocycles. The normalized spacial score (nSPS) is 12.5. The number of furan rings is 1. The molecule has 1 N–H and O–H groups in total. The first-order valence-electron chi connectivity index (χ1n) is 2.94. The van der Waals surface area contributed by atoms with Crippen molar-refractivity contribution < 1.29 is 9.52 Å². The van der Waals surface area contributed by atoms with Gasteiger partial charge in [0.05, 0.1) is 6.26 Å². The van der Waals surface area contributed by atoms with Gasteiger partial charge >= 0.3 is 0 Å². The summed E-state index contributed by atoms with van der Waals surface area (Å²) in [4.78, 5) is 0. The summed E-state index contributed by atoms with van der Waals surface area (Å²) in [7, 11) is 0. The molecule has 0 saturated heterocycles. The molecule has 0 radical (unpaired) electrons. The van der Waals surface area contributed by atoms with E-state index in [1.165, 1.54) is 6.26 Å². The van der Waals surface area contributed by atoms with E-state index in [4.69, 9.17) is 15.9 Å². The number of terminal acetylenes is 1. The Bertz CT molecular complexity index is 254. The van der Waals surface area contributed by atoms with Crippen molar-refractivity contribution in [2.45, 2.75) is 13.0 Å². The molecule has 0 amide bonds. The third kappa shape index (κ3) is 1.04. The van der Waals surface area contributed by atoms with Gasteiger partial charge in [-0.2, -0.15) is 0 Å². The fourth-order valence-electron chi connectivity index (χ4n) is 0.768. The third-order valence-electron chi connectivity index (χ3n) is 1.35. The summed E-state index contributed by atoms with van der Waals surface area (Å²) < 4.78 is 4.93. The van der Waals surface area contributed by atoms with Crippen LogP contribution in [0, 0.1) is 19.3 Å². The smallest absolute Gasteiger partial charge is 0.143 e. The van der Waals surface area contributed by atoms with Crippen molar-refractivity contribution in [3.8, 4) is 12.3 Å². The van der Waals surface area contributed by atoms with Gasteiger partial charge in [-0.3, -0.25) is 0 Å². The molecule has 1 aromatic rings. The molecule has 1 rings (SSSR count). The molecule has 2 heteroatoms. The van der Waals surface area contributed by atoms with Crippen molar-refractivity contribution in [1.29, 1.82) is 0 Å². The van der Waals surface area contributed by atoms with Crippen molar-refractivity contribution in [2.75, 3.05) is 0 Å². The summed E-state index contributed by atoms with van der Waals surface area (Å²) in [5, 5.41) is 9.10. The highest BCUT2D eigenvalue weighted by Crippen LogP contribution is 2.16. The Morgan fingerprint density at radius 1 is 1.80 bits per heavy atom. The summed E-state index contributed by atoms with van der Waals surface area (Å²) >= 11 is 0. The van der Waals surface area contributed by atoms with Gasteiger partial charge in [0.1, 0.15) is 11.9 Å². The molecule has 0 unspecified atom stereocenters. The monoisotopic (exact) mass is 136 g/mol. The van der Waals surface area contributed by atoms with Crippen molar-refractivity contribution in [3.05, 3.63) is 23.7 Å². The summed E-state index contributed by atoms with van der Waals surface area (Å²) in [5.41, 5.74) is 0.669. The fourth-order valence-corrected chi connectivity index (χ4v) is 0.768. The minimum absolute atomic E-state index is 0.669. The highest BCUT2D eigenvalue weighted by atomic mass is 16.3. The van der Waals surface area contributed by atoms with Crippen LogP contribution in [0.15, 0.2) is 16.7 Å². The van der Waals surface area contributed by atoms with Crippen LogP contribution in [0.1, 0.15) is 17.4 Å². The van der Waals surface area contributed by atoms with E-state index in [-0.39, 0.29) is 0 Å². The van der Waals surface area contributed by atoms with E-state index in [1.807, 2.05) is 0 Å². The Labute approximate surface area is 59.5 Å². The van der Waals surface area contributed by atoms with Gasteiger partial charge in [-0.05, 0) is 13.0 Å². The second-order valence-electron chi connectivity index (χ2n) is 2.00. The second kappa shape index (κ2) is 2.59. The van der Waals surface area contributed by atoms with E-state index in [0.29, 0.717) is 11.3 Å². The average molecular weight is 136 g/mol. The molecule has 1 aromatic heterocycles. The molecule has 0 aliphatic carbocycles.